The van der Waals surface area contributed by atoms with E-state index in [2.05, 4.69) is 49.7 Å². The minimum atomic E-state index is 0.414. The fourth-order valence-electron chi connectivity index (χ4n) is 1.68. The lowest BCUT2D eigenvalue weighted by Gasteiger charge is -2.10. The molecule has 0 fully saturated rings. The molecule has 0 aliphatic carbocycles. The fraction of sp³-hybridized carbons (Fsp3) is 0.385. The van der Waals surface area contributed by atoms with Crippen molar-refractivity contribution < 1.29 is 0 Å². The van der Waals surface area contributed by atoms with E-state index in [1.165, 1.54) is 0 Å². The highest BCUT2D eigenvalue weighted by Crippen LogP contribution is 2.27. The largest absolute Gasteiger partial charge is 0.242 e. The van der Waals surface area contributed by atoms with Crippen LogP contribution in [0.5, 0.6) is 0 Å². The molecule has 0 radical (unpaired) electrons. The number of hydrogen-bond acceptors (Lipinski definition) is 4. The molecular formula is C13H14BrClN4. The molecule has 2 aromatic rings. The third-order valence-electron chi connectivity index (χ3n) is 2.49. The first-order chi connectivity index (χ1) is 8.97. The maximum Gasteiger partial charge on any atom is 0.180 e. The van der Waals surface area contributed by atoms with Crippen molar-refractivity contribution >= 4 is 27.5 Å². The van der Waals surface area contributed by atoms with Gasteiger partial charge in [0.2, 0.25) is 0 Å². The van der Waals surface area contributed by atoms with E-state index in [1.54, 1.807) is 12.3 Å². The minimum Gasteiger partial charge on any atom is -0.242 e. The van der Waals surface area contributed by atoms with E-state index in [0.29, 0.717) is 28.4 Å². The van der Waals surface area contributed by atoms with Gasteiger partial charge in [-0.25, -0.2) is 19.9 Å². The molecule has 0 aromatic carbocycles. The Labute approximate surface area is 125 Å². The summed E-state index contributed by atoms with van der Waals surface area (Å²) < 4.78 is 0.761. The van der Waals surface area contributed by atoms with Gasteiger partial charge in [-0.1, -0.05) is 25.4 Å². The van der Waals surface area contributed by atoms with Crippen molar-refractivity contribution in [3.05, 3.63) is 33.4 Å². The summed E-state index contributed by atoms with van der Waals surface area (Å²) in [4.78, 5) is 17.2. The molecule has 2 aromatic heterocycles. The molecule has 100 valence electrons. The lowest BCUT2D eigenvalue weighted by Crippen LogP contribution is -2.04. The van der Waals surface area contributed by atoms with Crippen molar-refractivity contribution in [3.63, 3.8) is 0 Å². The lowest BCUT2D eigenvalue weighted by atomic mass is 10.1. The Morgan fingerprint density at radius 1 is 1.26 bits per heavy atom. The number of aryl methyl sites for hydroxylation is 1. The molecule has 0 amide bonds. The summed E-state index contributed by atoms with van der Waals surface area (Å²) >= 11 is 9.59. The molecule has 0 saturated carbocycles. The van der Waals surface area contributed by atoms with Crippen LogP contribution in [0.25, 0.3) is 11.5 Å². The number of hydrogen-bond donors (Lipinski definition) is 0. The SMILES string of the molecule is Cc1nccc(-c2nc(Cl)c(Br)c(CC(C)C)n2)n1. The van der Waals surface area contributed by atoms with Gasteiger partial charge in [0, 0.05) is 6.20 Å². The van der Waals surface area contributed by atoms with E-state index in [0.717, 1.165) is 16.6 Å². The van der Waals surface area contributed by atoms with Crippen LogP contribution in [0.1, 0.15) is 25.4 Å². The Morgan fingerprint density at radius 2 is 2.00 bits per heavy atom. The highest BCUT2D eigenvalue weighted by atomic mass is 79.9. The first-order valence-electron chi connectivity index (χ1n) is 5.99. The Hall–Kier alpha value is -1.07. The summed E-state index contributed by atoms with van der Waals surface area (Å²) in [6.07, 6.45) is 2.53. The third-order valence-corrected chi connectivity index (χ3v) is 3.82. The summed E-state index contributed by atoms with van der Waals surface area (Å²) in [6.45, 7) is 6.10. The highest BCUT2D eigenvalue weighted by Gasteiger charge is 2.14. The summed E-state index contributed by atoms with van der Waals surface area (Å²) in [5, 5.41) is 0.414. The summed E-state index contributed by atoms with van der Waals surface area (Å²) in [5.41, 5.74) is 1.59. The van der Waals surface area contributed by atoms with Crippen LogP contribution >= 0.6 is 27.5 Å². The van der Waals surface area contributed by atoms with Crippen molar-refractivity contribution in [2.45, 2.75) is 27.2 Å². The lowest BCUT2D eigenvalue weighted by molar-refractivity contribution is 0.632. The van der Waals surface area contributed by atoms with E-state index in [-0.39, 0.29) is 0 Å². The second-order valence-electron chi connectivity index (χ2n) is 4.69. The second-order valence-corrected chi connectivity index (χ2v) is 5.84. The van der Waals surface area contributed by atoms with Crippen molar-refractivity contribution in [1.82, 2.24) is 19.9 Å². The van der Waals surface area contributed by atoms with Gasteiger partial charge in [0.05, 0.1) is 10.2 Å². The molecule has 0 spiro atoms. The monoisotopic (exact) mass is 340 g/mol. The standard InChI is InChI=1S/C13H14BrClN4/c1-7(2)6-10-11(14)12(15)19-13(18-10)9-4-5-16-8(3)17-9/h4-5,7H,6H2,1-3H3. The molecule has 2 rings (SSSR count). The number of nitrogens with zero attached hydrogens (tertiary/aromatic N) is 4. The molecule has 0 saturated heterocycles. The van der Waals surface area contributed by atoms with Gasteiger partial charge in [0.25, 0.3) is 0 Å². The van der Waals surface area contributed by atoms with Crippen LogP contribution in [0.4, 0.5) is 0 Å². The highest BCUT2D eigenvalue weighted by molar-refractivity contribution is 9.10. The normalized spacial score (nSPS) is 11.1. The van der Waals surface area contributed by atoms with Crippen molar-refractivity contribution in [2.24, 2.45) is 5.92 Å². The molecule has 0 N–H and O–H groups in total. The molecular weight excluding hydrogens is 328 g/mol. The topological polar surface area (TPSA) is 51.6 Å². The zero-order chi connectivity index (χ0) is 14.0. The van der Waals surface area contributed by atoms with E-state index in [1.807, 2.05) is 6.92 Å². The quantitative estimate of drug-likeness (QED) is 0.796. The van der Waals surface area contributed by atoms with Crippen LogP contribution in [0, 0.1) is 12.8 Å². The molecule has 0 unspecified atom stereocenters. The Bertz CT molecular complexity index is 601. The van der Waals surface area contributed by atoms with Crippen LogP contribution in [-0.4, -0.2) is 19.9 Å². The van der Waals surface area contributed by atoms with Gasteiger partial charge in [-0.2, -0.15) is 0 Å². The molecule has 0 aliphatic heterocycles. The van der Waals surface area contributed by atoms with Crippen molar-refractivity contribution in [3.8, 4) is 11.5 Å². The van der Waals surface area contributed by atoms with E-state index >= 15 is 0 Å². The van der Waals surface area contributed by atoms with Gasteiger partial charge in [-0.15, -0.1) is 0 Å². The number of aromatic nitrogens is 4. The minimum absolute atomic E-state index is 0.414. The predicted octanol–water partition coefficient (Wildman–Crippen LogP) is 3.86. The number of rotatable bonds is 3. The smallest absolute Gasteiger partial charge is 0.180 e. The summed E-state index contributed by atoms with van der Waals surface area (Å²) in [5.74, 6) is 1.71. The molecule has 6 heteroatoms. The molecule has 4 nitrogen and oxygen atoms in total. The third kappa shape index (κ3) is 3.48. The first kappa shape index (κ1) is 14.3. The van der Waals surface area contributed by atoms with E-state index in [4.69, 9.17) is 11.6 Å². The molecule has 0 atom stereocenters. The second kappa shape index (κ2) is 5.92. The molecule has 0 bridgehead atoms. The van der Waals surface area contributed by atoms with Crippen molar-refractivity contribution in [2.75, 3.05) is 0 Å². The van der Waals surface area contributed by atoms with Gasteiger partial charge in [-0.05, 0) is 41.3 Å². The molecule has 19 heavy (non-hydrogen) atoms. The molecule has 2 heterocycles. The zero-order valence-corrected chi connectivity index (χ0v) is 13.3. The van der Waals surface area contributed by atoms with E-state index < -0.39 is 0 Å². The first-order valence-corrected chi connectivity index (χ1v) is 7.16. The van der Waals surface area contributed by atoms with Gasteiger partial charge in [0.15, 0.2) is 5.82 Å². The number of halogens is 2. The Kier molecular flexibility index (Phi) is 4.47. The van der Waals surface area contributed by atoms with Crippen LogP contribution in [0.2, 0.25) is 5.15 Å². The Morgan fingerprint density at radius 3 is 2.63 bits per heavy atom. The van der Waals surface area contributed by atoms with Crippen LogP contribution in [0.3, 0.4) is 0 Å². The van der Waals surface area contributed by atoms with Gasteiger partial charge in [-0.3, -0.25) is 0 Å². The zero-order valence-electron chi connectivity index (χ0n) is 11.0. The maximum absolute atomic E-state index is 6.15. The van der Waals surface area contributed by atoms with Crippen LogP contribution in [0.15, 0.2) is 16.7 Å². The average molecular weight is 342 g/mol. The van der Waals surface area contributed by atoms with Gasteiger partial charge < -0.3 is 0 Å². The summed E-state index contributed by atoms with van der Waals surface area (Å²) in [7, 11) is 0. The van der Waals surface area contributed by atoms with Crippen LogP contribution < -0.4 is 0 Å². The van der Waals surface area contributed by atoms with Gasteiger partial charge in [0.1, 0.15) is 16.7 Å². The Balaban J connectivity index is 2.50. The van der Waals surface area contributed by atoms with Crippen LogP contribution in [-0.2, 0) is 6.42 Å². The van der Waals surface area contributed by atoms with Gasteiger partial charge >= 0.3 is 0 Å². The van der Waals surface area contributed by atoms with Crippen molar-refractivity contribution in [1.29, 1.82) is 0 Å². The fourth-order valence-corrected chi connectivity index (χ4v) is 2.21. The van der Waals surface area contributed by atoms with E-state index in [9.17, 15) is 0 Å². The predicted molar refractivity (Wildman–Crippen MR) is 79.0 cm³/mol. The maximum atomic E-state index is 6.15. The average Bonchev–Trinajstić information content (AvgIpc) is 2.34. The molecule has 0 aliphatic rings. The summed E-state index contributed by atoms with van der Waals surface area (Å²) in [6, 6.07) is 1.78.